The number of hydrogen-bond donors (Lipinski definition) is 0. The van der Waals surface area contributed by atoms with Gasteiger partial charge in [0.05, 0.1) is 12.2 Å². The van der Waals surface area contributed by atoms with E-state index >= 15 is 0 Å². The zero-order valence-electron chi connectivity index (χ0n) is 10.7. The van der Waals surface area contributed by atoms with Crippen molar-refractivity contribution in [1.82, 2.24) is 0 Å². The largest absolute Gasteiger partial charge is 0.370 e. The topological polar surface area (TPSA) is 9.23 Å². The average molecular weight is 238 g/mol. The van der Waals surface area contributed by atoms with Gasteiger partial charge >= 0.3 is 0 Å². The third-order valence-corrected chi connectivity index (χ3v) is 3.68. The Morgan fingerprint density at radius 1 is 0.889 bits per heavy atom. The van der Waals surface area contributed by atoms with Crippen LogP contribution in [-0.2, 0) is 24.2 Å². The Balaban J connectivity index is 1.68. The fraction of sp³-hybridized carbons (Fsp3) is 0.294. The van der Waals surface area contributed by atoms with E-state index in [2.05, 4.69) is 55.5 Å². The Bertz CT molecular complexity index is 505. The molecular weight excluding hydrogens is 220 g/mol. The van der Waals surface area contributed by atoms with Gasteiger partial charge in [-0.15, -0.1) is 0 Å². The summed E-state index contributed by atoms with van der Waals surface area (Å²) in [5, 5.41) is 0. The zero-order valence-corrected chi connectivity index (χ0v) is 10.7. The van der Waals surface area contributed by atoms with Crippen LogP contribution in [0.2, 0.25) is 0 Å². The number of benzene rings is 2. The number of fused-ring (bicyclic) bond motifs is 1. The maximum Gasteiger partial charge on any atom is 0.0739 e. The molecule has 0 aromatic heterocycles. The van der Waals surface area contributed by atoms with Crippen molar-refractivity contribution in [1.29, 1.82) is 0 Å². The fourth-order valence-corrected chi connectivity index (χ4v) is 2.70. The molecule has 18 heavy (non-hydrogen) atoms. The molecule has 0 heterocycles. The zero-order chi connectivity index (χ0) is 12.4. The molecule has 0 N–H and O–H groups in total. The summed E-state index contributed by atoms with van der Waals surface area (Å²) >= 11 is 0. The van der Waals surface area contributed by atoms with E-state index in [1.54, 1.807) is 0 Å². The van der Waals surface area contributed by atoms with Crippen molar-refractivity contribution in [2.75, 3.05) is 0 Å². The monoisotopic (exact) mass is 238 g/mol. The molecule has 92 valence electrons. The van der Waals surface area contributed by atoms with Gasteiger partial charge in [0, 0.05) is 12.8 Å². The minimum absolute atomic E-state index is 0.0421. The second kappa shape index (κ2) is 4.58. The number of rotatable bonds is 3. The summed E-state index contributed by atoms with van der Waals surface area (Å²) < 4.78 is 6.16. The summed E-state index contributed by atoms with van der Waals surface area (Å²) in [6.07, 6.45) is 2.05. The van der Waals surface area contributed by atoms with E-state index in [0.717, 1.165) is 12.8 Å². The Labute approximate surface area is 108 Å². The minimum Gasteiger partial charge on any atom is -0.370 e. The number of ether oxygens (including phenoxy) is 1. The van der Waals surface area contributed by atoms with Crippen molar-refractivity contribution in [3.63, 3.8) is 0 Å². The van der Waals surface area contributed by atoms with Crippen molar-refractivity contribution in [2.45, 2.75) is 32.0 Å². The van der Waals surface area contributed by atoms with Gasteiger partial charge in [-0.1, -0.05) is 54.6 Å². The molecule has 2 aromatic rings. The van der Waals surface area contributed by atoms with Gasteiger partial charge in [0.15, 0.2) is 0 Å². The molecule has 1 aliphatic carbocycles. The van der Waals surface area contributed by atoms with Crippen LogP contribution in [0.25, 0.3) is 0 Å². The van der Waals surface area contributed by atoms with Crippen LogP contribution in [0.15, 0.2) is 54.6 Å². The first kappa shape index (κ1) is 11.5. The van der Waals surface area contributed by atoms with Crippen LogP contribution < -0.4 is 0 Å². The second-order valence-corrected chi connectivity index (χ2v) is 5.35. The lowest BCUT2D eigenvalue weighted by molar-refractivity contribution is -0.0352. The summed E-state index contributed by atoms with van der Waals surface area (Å²) in [5.74, 6) is 0. The van der Waals surface area contributed by atoms with Crippen molar-refractivity contribution in [3.05, 3.63) is 71.3 Å². The molecule has 0 aliphatic heterocycles. The van der Waals surface area contributed by atoms with Gasteiger partial charge in [0.2, 0.25) is 0 Å². The SMILES string of the molecule is CC1(OCc2ccccc2)Cc2ccccc2C1. The maximum atomic E-state index is 6.16. The van der Waals surface area contributed by atoms with Crippen LogP contribution in [0, 0.1) is 0 Å². The Morgan fingerprint density at radius 2 is 1.44 bits per heavy atom. The smallest absolute Gasteiger partial charge is 0.0739 e. The fourth-order valence-electron chi connectivity index (χ4n) is 2.70. The normalized spacial score (nSPS) is 16.5. The first-order chi connectivity index (χ1) is 8.75. The highest BCUT2D eigenvalue weighted by Crippen LogP contribution is 2.33. The summed E-state index contributed by atoms with van der Waals surface area (Å²) in [5.41, 5.74) is 4.08. The molecule has 0 radical (unpaired) electrons. The first-order valence-corrected chi connectivity index (χ1v) is 6.50. The quantitative estimate of drug-likeness (QED) is 0.791. The molecule has 0 saturated carbocycles. The molecule has 3 rings (SSSR count). The Morgan fingerprint density at radius 3 is 2.06 bits per heavy atom. The van der Waals surface area contributed by atoms with Gasteiger partial charge in [-0.2, -0.15) is 0 Å². The standard InChI is InChI=1S/C17H18O/c1-17(18-13-14-7-3-2-4-8-14)11-15-9-5-6-10-16(15)12-17/h2-10H,11-13H2,1H3. The lowest BCUT2D eigenvalue weighted by Crippen LogP contribution is -2.29. The molecule has 0 amide bonds. The van der Waals surface area contributed by atoms with Crippen LogP contribution in [0.4, 0.5) is 0 Å². The summed E-state index contributed by atoms with van der Waals surface area (Å²) in [4.78, 5) is 0. The molecule has 1 aliphatic rings. The average Bonchev–Trinajstić information content (AvgIpc) is 2.74. The van der Waals surface area contributed by atoms with E-state index in [4.69, 9.17) is 4.74 Å². The van der Waals surface area contributed by atoms with E-state index in [9.17, 15) is 0 Å². The first-order valence-electron chi connectivity index (χ1n) is 6.50. The van der Waals surface area contributed by atoms with Crippen LogP contribution in [0.5, 0.6) is 0 Å². The number of hydrogen-bond acceptors (Lipinski definition) is 1. The molecule has 2 aromatic carbocycles. The molecule has 1 heteroatoms. The molecule has 0 saturated heterocycles. The third kappa shape index (κ3) is 2.32. The lowest BCUT2D eigenvalue weighted by atomic mass is 10.0. The predicted octanol–water partition coefficient (Wildman–Crippen LogP) is 3.76. The van der Waals surface area contributed by atoms with Gasteiger partial charge in [0.1, 0.15) is 0 Å². The molecule has 0 spiro atoms. The minimum atomic E-state index is -0.0421. The second-order valence-electron chi connectivity index (χ2n) is 5.35. The molecule has 0 fully saturated rings. The van der Waals surface area contributed by atoms with Crippen LogP contribution in [-0.4, -0.2) is 5.60 Å². The summed E-state index contributed by atoms with van der Waals surface area (Å²) in [6.45, 7) is 2.92. The van der Waals surface area contributed by atoms with Crippen molar-refractivity contribution >= 4 is 0 Å². The molecule has 1 nitrogen and oxygen atoms in total. The Hall–Kier alpha value is -1.60. The summed E-state index contributed by atoms with van der Waals surface area (Å²) in [6, 6.07) is 19.0. The van der Waals surface area contributed by atoms with Crippen molar-refractivity contribution in [3.8, 4) is 0 Å². The van der Waals surface area contributed by atoms with Gasteiger partial charge in [0.25, 0.3) is 0 Å². The maximum absolute atomic E-state index is 6.16. The molecular formula is C17H18O. The molecule has 0 atom stereocenters. The van der Waals surface area contributed by atoms with Gasteiger partial charge in [-0.05, 0) is 23.6 Å². The van der Waals surface area contributed by atoms with E-state index in [-0.39, 0.29) is 5.60 Å². The predicted molar refractivity (Wildman–Crippen MR) is 73.5 cm³/mol. The van der Waals surface area contributed by atoms with E-state index < -0.39 is 0 Å². The third-order valence-electron chi connectivity index (χ3n) is 3.68. The van der Waals surface area contributed by atoms with Crippen LogP contribution in [0.3, 0.4) is 0 Å². The van der Waals surface area contributed by atoms with Crippen molar-refractivity contribution in [2.24, 2.45) is 0 Å². The summed E-state index contributed by atoms with van der Waals surface area (Å²) in [7, 11) is 0. The van der Waals surface area contributed by atoms with E-state index in [1.807, 2.05) is 6.07 Å². The lowest BCUT2D eigenvalue weighted by Gasteiger charge is -2.24. The van der Waals surface area contributed by atoms with Crippen molar-refractivity contribution < 1.29 is 4.74 Å². The van der Waals surface area contributed by atoms with Gasteiger partial charge in [-0.25, -0.2) is 0 Å². The highest BCUT2D eigenvalue weighted by Gasteiger charge is 2.33. The highest BCUT2D eigenvalue weighted by molar-refractivity contribution is 5.35. The van der Waals surface area contributed by atoms with E-state index in [1.165, 1.54) is 16.7 Å². The Kier molecular flexibility index (Phi) is 2.92. The highest BCUT2D eigenvalue weighted by atomic mass is 16.5. The van der Waals surface area contributed by atoms with E-state index in [0.29, 0.717) is 6.61 Å². The van der Waals surface area contributed by atoms with Crippen LogP contribution >= 0.6 is 0 Å². The van der Waals surface area contributed by atoms with Gasteiger partial charge in [-0.3, -0.25) is 0 Å². The molecule has 0 bridgehead atoms. The molecule has 0 unspecified atom stereocenters. The van der Waals surface area contributed by atoms with Crippen LogP contribution in [0.1, 0.15) is 23.6 Å². The van der Waals surface area contributed by atoms with Gasteiger partial charge < -0.3 is 4.74 Å².